The summed E-state index contributed by atoms with van der Waals surface area (Å²) in [7, 11) is 0. The summed E-state index contributed by atoms with van der Waals surface area (Å²) in [4.78, 5) is 14.6. The molecule has 2 aromatic rings. The van der Waals surface area contributed by atoms with Crippen LogP contribution in [0.2, 0.25) is 5.02 Å². The van der Waals surface area contributed by atoms with Crippen molar-refractivity contribution in [2.75, 3.05) is 13.2 Å². The molecule has 0 saturated carbocycles. The van der Waals surface area contributed by atoms with Crippen molar-refractivity contribution < 1.29 is 9.53 Å². The fourth-order valence-electron chi connectivity index (χ4n) is 3.35. The number of ether oxygens (including phenoxy) is 1. The van der Waals surface area contributed by atoms with Crippen molar-refractivity contribution in [3.05, 3.63) is 65.2 Å². The van der Waals surface area contributed by atoms with E-state index in [0.717, 1.165) is 25.9 Å². The molecule has 26 heavy (non-hydrogen) atoms. The van der Waals surface area contributed by atoms with E-state index >= 15 is 0 Å². The maximum Gasteiger partial charge on any atom is 0.258 e. The van der Waals surface area contributed by atoms with E-state index in [-0.39, 0.29) is 18.6 Å². The number of rotatable bonds is 6. The molecule has 2 atom stereocenters. The first-order valence-electron chi connectivity index (χ1n) is 9.06. The lowest BCUT2D eigenvalue weighted by Gasteiger charge is -2.38. The normalized spacial score (nSPS) is 20.5. The third kappa shape index (κ3) is 5.48. The lowest BCUT2D eigenvalue weighted by molar-refractivity contribution is -0.124. The topological polar surface area (TPSA) is 41.6 Å². The van der Waals surface area contributed by atoms with Gasteiger partial charge < -0.3 is 10.1 Å². The van der Waals surface area contributed by atoms with Gasteiger partial charge in [0.1, 0.15) is 5.75 Å². The predicted octanol–water partition coefficient (Wildman–Crippen LogP) is 3.89. The third-order valence-corrected chi connectivity index (χ3v) is 5.04. The van der Waals surface area contributed by atoms with E-state index in [1.165, 1.54) is 5.56 Å². The Balaban J connectivity index is 1.42. The van der Waals surface area contributed by atoms with E-state index in [0.29, 0.717) is 16.8 Å². The Morgan fingerprint density at radius 3 is 2.62 bits per heavy atom. The second-order valence-electron chi connectivity index (χ2n) is 6.84. The molecule has 0 aromatic heterocycles. The lowest BCUT2D eigenvalue weighted by atomic mass is 9.97. The number of piperidine rings is 1. The Kier molecular flexibility index (Phi) is 6.53. The molecule has 1 N–H and O–H groups in total. The van der Waals surface area contributed by atoms with Gasteiger partial charge in [0.15, 0.2) is 6.61 Å². The molecule has 5 heteroatoms. The van der Waals surface area contributed by atoms with Crippen LogP contribution in [0.1, 0.15) is 25.3 Å². The Labute approximate surface area is 160 Å². The van der Waals surface area contributed by atoms with Gasteiger partial charge in [-0.15, -0.1) is 0 Å². The number of carbonyl (C=O) groups excluding carboxylic acids is 1. The summed E-state index contributed by atoms with van der Waals surface area (Å²) in [5.74, 6) is 0.573. The van der Waals surface area contributed by atoms with Crippen molar-refractivity contribution in [1.29, 1.82) is 0 Å². The van der Waals surface area contributed by atoms with Gasteiger partial charge in [0, 0.05) is 30.2 Å². The number of benzene rings is 2. The molecule has 0 spiro atoms. The number of nitrogens with one attached hydrogen (secondary N) is 1. The van der Waals surface area contributed by atoms with E-state index in [1.807, 2.05) is 6.07 Å². The van der Waals surface area contributed by atoms with Crippen LogP contribution in [0, 0.1) is 0 Å². The zero-order chi connectivity index (χ0) is 18.4. The Morgan fingerprint density at radius 2 is 1.92 bits per heavy atom. The van der Waals surface area contributed by atoms with Crippen molar-refractivity contribution in [1.82, 2.24) is 10.2 Å². The number of nitrogens with zero attached hydrogens (tertiary/aromatic N) is 1. The molecule has 1 fully saturated rings. The van der Waals surface area contributed by atoms with E-state index in [9.17, 15) is 4.79 Å². The maximum atomic E-state index is 12.2. The summed E-state index contributed by atoms with van der Waals surface area (Å²) in [6, 6.07) is 18.2. The van der Waals surface area contributed by atoms with Crippen LogP contribution in [0.5, 0.6) is 5.75 Å². The summed E-state index contributed by atoms with van der Waals surface area (Å²) < 4.78 is 5.51. The Morgan fingerprint density at radius 1 is 1.19 bits per heavy atom. The van der Waals surface area contributed by atoms with Gasteiger partial charge in [-0.3, -0.25) is 9.69 Å². The minimum Gasteiger partial charge on any atom is -0.484 e. The first-order valence-corrected chi connectivity index (χ1v) is 9.43. The second kappa shape index (κ2) is 9.06. The molecule has 1 aliphatic heterocycles. The maximum absolute atomic E-state index is 12.2. The van der Waals surface area contributed by atoms with Gasteiger partial charge in [-0.1, -0.05) is 41.9 Å². The highest BCUT2D eigenvalue weighted by Gasteiger charge is 2.26. The summed E-state index contributed by atoms with van der Waals surface area (Å²) in [6.45, 7) is 4.20. The summed E-state index contributed by atoms with van der Waals surface area (Å²) in [6.07, 6.45) is 1.92. The highest BCUT2D eigenvalue weighted by molar-refractivity contribution is 6.30. The van der Waals surface area contributed by atoms with Gasteiger partial charge in [0.2, 0.25) is 0 Å². The first kappa shape index (κ1) is 18.7. The van der Waals surface area contributed by atoms with Crippen LogP contribution in [-0.4, -0.2) is 36.0 Å². The summed E-state index contributed by atoms with van der Waals surface area (Å²) >= 11 is 5.84. The van der Waals surface area contributed by atoms with Crippen molar-refractivity contribution in [3.63, 3.8) is 0 Å². The number of carbonyl (C=O) groups is 1. The number of likely N-dealkylation sites (tertiary alicyclic amines) is 1. The smallest absolute Gasteiger partial charge is 0.258 e. The summed E-state index contributed by atoms with van der Waals surface area (Å²) in [5.41, 5.74) is 1.33. The number of halogens is 1. The average Bonchev–Trinajstić information content (AvgIpc) is 2.64. The molecule has 4 nitrogen and oxygen atoms in total. The fraction of sp³-hybridized carbons (Fsp3) is 0.381. The number of hydrogen-bond donors (Lipinski definition) is 1. The van der Waals surface area contributed by atoms with Gasteiger partial charge in [-0.2, -0.15) is 0 Å². The van der Waals surface area contributed by atoms with Crippen LogP contribution in [0.4, 0.5) is 0 Å². The molecule has 0 bridgehead atoms. The fourth-order valence-corrected chi connectivity index (χ4v) is 3.48. The van der Waals surface area contributed by atoms with Crippen LogP contribution in [0.15, 0.2) is 54.6 Å². The van der Waals surface area contributed by atoms with Crippen molar-refractivity contribution in [2.45, 2.75) is 38.4 Å². The molecule has 138 valence electrons. The average molecular weight is 373 g/mol. The molecule has 1 saturated heterocycles. The molecule has 1 amide bonds. The van der Waals surface area contributed by atoms with Crippen LogP contribution in [0.25, 0.3) is 0 Å². The Bertz CT molecular complexity index is 706. The van der Waals surface area contributed by atoms with Crippen LogP contribution in [-0.2, 0) is 11.3 Å². The number of amides is 1. The van der Waals surface area contributed by atoms with Gasteiger partial charge in [-0.25, -0.2) is 0 Å². The Hall–Kier alpha value is -2.04. The minimum absolute atomic E-state index is 0.0280. The van der Waals surface area contributed by atoms with Crippen LogP contribution < -0.4 is 10.1 Å². The largest absolute Gasteiger partial charge is 0.484 e. The van der Waals surface area contributed by atoms with Gasteiger partial charge in [-0.05, 0) is 49.6 Å². The van der Waals surface area contributed by atoms with Crippen molar-refractivity contribution in [3.8, 4) is 5.75 Å². The van der Waals surface area contributed by atoms with Crippen LogP contribution >= 0.6 is 11.6 Å². The van der Waals surface area contributed by atoms with Gasteiger partial charge >= 0.3 is 0 Å². The molecule has 2 unspecified atom stereocenters. The molecule has 1 aliphatic rings. The van der Waals surface area contributed by atoms with Crippen LogP contribution in [0.3, 0.4) is 0 Å². The molecule has 3 rings (SSSR count). The lowest BCUT2D eigenvalue weighted by Crippen LogP contribution is -2.49. The molecule has 2 aromatic carbocycles. The SMILES string of the molecule is CC1CC(NC(=O)COc2ccc(Cl)cc2)CCN1Cc1ccccc1. The zero-order valence-electron chi connectivity index (χ0n) is 15.0. The molecular weight excluding hydrogens is 348 g/mol. The highest BCUT2D eigenvalue weighted by atomic mass is 35.5. The molecule has 0 radical (unpaired) electrons. The second-order valence-corrected chi connectivity index (χ2v) is 7.27. The number of hydrogen-bond acceptors (Lipinski definition) is 3. The quantitative estimate of drug-likeness (QED) is 0.836. The molecule has 0 aliphatic carbocycles. The van der Waals surface area contributed by atoms with E-state index in [2.05, 4.69) is 41.4 Å². The zero-order valence-corrected chi connectivity index (χ0v) is 15.8. The van der Waals surface area contributed by atoms with Gasteiger partial charge in [0.05, 0.1) is 0 Å². The highest BCUT2D eigenvalue weighted by Crippen LogP contribution is 2.20. The minimum atomic E-state index is -0.0753. The third-order valence-electron chi connectivity index (χ3n) is 4.79. The summed E-state index contributed by atoms with van der Waals surface area (Å²) in [5, 5.41) is 3.75. The van der Waals surface area contributed by atoms with Crippen molar-refractivity contribution >= 4 is 17.5 Å². The van der Waals surface area contributed by atoms with Crippen molar-refractivity contribution in [2.24, 2.45) is 0 Å². The first-order chi connectivity index (χ1) is 12.6. The molecular formula is C21H25ClN2O2. The van der Waals surface area contributed by atoms with Gasteiger partial charge in [0.25, 0.3) is 5.91 Å². The molecule has 1 heterocycles. The monoisotopic (exact) mass is 372 g/mol. The predicted molar refractivity (Wildman–Crippen MR) is 104 cm³/mol. The standard InChI is InChI=1S/C21H25ClN2O2/c1-16-13-19(11-12-24(16)14-17-5-3-2-4-6-17)23-21(25)15-26-20-9-7-18(22)8-10-20/h2-10,16,19H,11-15H2,1H3,(H,23,25). The van der Waals surface area contributed by atoms with E-state index in [1.54, 1.807) is 24.3 Å². The van der Waals surface area contributed by atoms with E-state index < -0.39 is 0 Å². The van der Waals surface area contributed by atoms with E-state index in [4.69, 9.17) is 16.3 Å².